The first-order chi connectivity index (χ1) is 4.63. The van der Waals surface area contributed by atoms with E-state index in [1.54, 1.807) is 0 Å². The molecule has 58 valence electrons. The van der Waals surface area contributed by atoms with Crippen molar-refractivity contribution in [3.05, 3.63) is 0 Å². The monoisotopic (exact) mass is 181 g/mol. The van der Waals surface area contributed by atoms with Crippen LogP contribution in [-0.4, -0.2) is 11.1 Å². The Bertz CT molecular complexity index is 122. The summed E-state index contributed by atoms with van der Waals surface area (Å²) in [6.07, 6.45) is 0. The van der Waals surface area contributed by atoms with E-state index in [1.807, 2.05) is 0 Å². The van der Waals surface area contributed by atoms with Crippen molar-refractivity contribution in [2.24, 2.45) is 11.5 Å². The summed E-state index contributed by atoms with van der Waals surface area (Å²) in [6.45, 7) is 0. The molecule has 8 heteroatoms. The van der Waals surface area contributed by atoms with Gasteiger partial charge in [0.25, 0.3) is 0 Å². The molecule has 0 unspecified atom stereocenters. The molecule has 0 fully saturated rings. The second-order valence-electron chi connectivity index (χ2n) is 1.16. The molecule has 0 saturated carbocycles. The quantitative estimate of drug-likeness (QED) is 0.158. The van der Waals surface area contributed by atoms with Crippen LogP contribution in [0.15, 0.2) is 0 Å². The number of amides is 2. The van der Waals surface area contributed by atoms with Gasteiger partial charge in [-0.2, -0.15) is 4.83 Å². The molecule has 6 nitrogen and oxygen atoms in total. The molecule has 0 aliphatic rings. The number of hydrogen-bond donors (Lipinski definition) is 5. The lowest BCUT2D eigenvalue weighted by atomic mass is 11.2. The van der Waals surface area contributed by atoms with E-state index in [4.69, 9.17) is 11.5 Å². The highest BCUT2D eigenvalue weighted by atomic mass is 32.2. The van der Waals surface area contributed by atoms with Crippen LogP contribution >= 0.6 is 24.4 Å². The van der Waals surface area contributed by atoms with Gasteiger partial charge in [0.2, 0.25) is 0 Å². The van der Waals surface area contributed by atoms with Gasteiger partial charge in [0, 0.05) is 0 Å². The van der Waals surface area contributed by atoms with Gasteiger partial charge in [-0.1, -0.05) is 0 Å². The number of hydrogen-bond acceptors (Lipinski definition) is 4. The van der Waals surface area contributed by atoms with Gasteiger partial charge < -0.3 is 11.5 Å². The highest BCUT2D eigenvalue weighted by molar-refractivity contribution is 7.97. The van der Waals surface area contributed by atoms with Crippen LogP contribution in [0.2, 0.25) is 0 Å². The van der Waals surface area contributed by atoms with Crippen molar-refractivity contribution in [1.82, 2.24) is 15.0 Å². The Morgan fingerprint density at radius 1 is 1.50 bits per heavy atom. The van der Waals surface area contributed by atoms with Gasteiger partial charge in [0.1, 0.15) is 0 Å². The molecule has 7 N–H and O–H groups in total. The number of rotatable bonds is 3. The van der Waals surface area contributed by atoms with E-state index in [0.29, 0.717) is 0 Å². The van der Waals surface area contributed by atoms with Gasteiger partial charge in [0.15, 0.2) is 5.11 Å². The van der Waals surface area contributed by atoms with Crippen LogP contribution in [0, 0.1) is 0 Å². The average molecular weight is 181 g/mol. The Balaban J connectivity index is 3.06. The maximum absolute atomic E-state index is 9.99. The Morgan fingerprint density at radius 2 is 2.10 bits per heavy atom. The van der Waals surface area contributed by atoms with Crippen molar-refractivity contribution in [1.29, 1.82) is 0 Å². The van der Waals surface area contributed by atoms with E-state index in [1.165, 1.54) is 0 Å². The van der Waals surface area contributed by atoms with Crippen molar-refractivity contribution in [3.63, 3.8) is 0 Å². The maximum Gasteiger partial charge on any atom is 0.327 e. The van der Waals surface area contributed by atoms with Gasteiger partial charge in [-0.25, -0.2) is 4.79 Å². The van der Waals surface area contributed by atoms with Crippen LogP contribution in [0.5, 0.6) is 0 Å². The van der Waals surface area contributed by atoms with Crippen LogP contribution < -0.4 is 26.4 Å². The molecule has 0 aliphatic carbocycles. The summed E-state index contributed by atoms with van der Waals surface area (Å²) >= 11 is 5.35. The molecule has 2 amide bonds. The molecule has 0 heterocycles. The summed E-state index contributed by atoms with van der Waals surface area (Å²) in [5, 5.41) is 0.115. The molecule has 0 aromatic heterocycles. The summed E-state index contributed by atoms with van der Waals surface area (Å²) < 4.78 is 2.45. The number of thiocarbonyl (C=S) groups is 1. The summed E-state index contributed by atoms with van der Waals surface area (Å²) in [5.74, 6) is 0. The fraction of sp³-hybridized carbons (Fsp3) is 0. The zero-order valence-corrected chi connectivity index (χ0v) is 6.51. The van der Waals surface area contributed by atoms with Gasteiger partial charge in [-0.05, 0) is 12.2 Å². The minimum atomic E-state index is -0.683. The molecular formula is C2H7N5OS2. The first-order valence-electron chi connectivity index (χ1n) is 2.14. The Kier molecular flexibility index (Phi) is 4.72. The van der Waals surface area contributed by atoms with Crippen molar-refractivity contribution >= 4 is 35.5 Å². The Labute approximate surface area is 67.3 Å². The van der Waals surface area contributed by atoms with E-state index >= 15 is 0 Å². The van der Waals surface area contributed by atoms with E-state index in [0.717, 1.165) is 12.1 Å². The van der Waals surface area contributed by atoms with Gasteiger partial charge >= 0.3 is 6.03 Å². The number of nitrogens with one attached hydrogen (secondary N) is 3. The van der Waals surface area contributed by atoms with E-state index in [9.17, 15) is 4.79 Å². The number of hydrazine groups is 1. The fourth-order valence-electron chi connectivity index (χ4n) is 0.152. The predicted molar refractivity (Wildman–Crippen MR) is 43.4 cm³/mol. The summed E-state index contributed by atoms with van der Waals surface area (Å²) in [4.78, 5) is 12.3. The third-order valence-corrected chi connectivity index (χ3v) is 1.13. The molecule has 0 saturated heterocycles. The van der Waals surface area contributed by atoms with Crippen molar-refractivity contribution in [2.45, 2.75) is 0 Å². The number of carbonyl (C=O) groups excluding carboxylic acids is 1. The molecule has 0 rings (SSSR count). The number of carbonyl (C=O) groups is 1. The third-order valence-electron chi connectivity index (χ3n) is 0.377. The lowest BCUT2D eigenvalue weighted by molar-refractivity contribution is 0.248. The molecule has 0 aromatic carbocycles. The Morgan fingerprint density at radius 3 is 2.50 bits per heavy atom. The largest absolute Gasteiger partial charge is 0.376 e. The number of urea groups is 1. The van der Waals surface area contributed by atoms with Gasteiger partial charge in [-0.15, -0.1) is 0 Å². The fourth-order valence-corrected chi connectivity index (χ4v) is 0.580. The third kappa shape index (κ3) is 7.27. The molecule has 0 bridgehead atoms. The first kappa shape index (κ1) is 9.27. The zero-order chi connectivity index (χ0) is 7.98. The highest BCUT2D eigenvalue weighted by Gasteiger charge is 1.89. The molecule has 0 atom stereocenters. The topological polar surface area (TPSA) is 105 Å². The first-order valence-corrected chi connectivity index (χ1v) is 3.37. The number of primary amides is 1. The van der Waals surface area contributed by atoms with Crippen LogP contribution in [-0.2, 0) is 0 Å². The summed E-state index contributed by atoms with van der Waals surface area (Å²) in [6, 6.07) is -0.683. The molecule has 0 aliphatic heterocycles. The SMILES string of the molecule is NC(=O)NNSNC(N)=S. The smallest absolute Gasteiger partial charge is 0.327 e. The van der Waals surface area contributed by atoms with Crippen LogP contribution in [0.25, 0.3) is 0 Å². The molecular weight excluding hydrogens is 174 g/mol. The standard InChI is InChI=1S/C2H7N5OS2/c3-1(8)5-7-10-6-2(4)9/h7H,(H3,3,5,8)(H3,4,6,9). The van der Waals surface area contributed by atoms with Gasteiger partial charge in [0.05, 0.1) is 12.1 Å². The molecule has 10 heavy (non-hydrogen) atoms. The average Bonchev–Trinajstić information content (AvgIpc) is 1.79. The minimum Gasteiger partial charge on any atom is -0.376 e. The van der Waals surface area contributed by atoms with Crippen molar-refractivity contribution in [2.75, 3.05) is 0 Å². The van der Waals surface area contributed by atoms with Crippen LogP contribution in [0.3, 0.4) is 0 Å². The summed E-state index contributed by atoms with van der Waals surface area (Å²) in [5.41, 5.74) is 11.8. The maximum atomic E-state index is 9.99. The normalized spacial score (nSPS) is 8.40. The van der Waals surface area contributed by atoms with Crippen molar-refractivity contribution < 1.29 is 4.79 Å². The Hall–Kier alpha value is -0.730. The zero-order valence-electron chi connectivity index (χ0n) is 4.88. The molecule has 0 spiro atoms. The van der Waals surface area contributed by atoms with E-state index < -0.39 is 6.03 Å². The van der Waals surface area contributed by atoms with Crippen LogP contribution in [0.1, 0.15) is 0 Å². The second kappa shape index (κ2) is 5.09. The van der Waals surface area contributed by atoms with E-state index in [-0.39, 0.29) is 5.11 Å². The molecule has 0 aromatic rings. The predicted octanol–water partition coefficient (Wildman–Crippen LogP) is -1.44. The van der Waals surface area contributed by atoms with Gasteiger partial charge in [-0.3, -0.25) is 10.1 Å². The lowest BCUT2D eigenvalue weighted by Gasteiger charge is -2.02. The van der Waals surface area contributed by atoms with E-state index in [2.05, 4.69) is 27.2 Å². The summed E-state index contributed by atoms with van der Waals surface area (Å²) in [7, 11) is 0. The second-order valence-corrected chi connectivity index (χ2v) is 2.21. The van der Waals surface area contributed by atoms with Crippen molar-refractivity contribution in [3.8, 4) is 0 Å². The van der Waals surface area contributed by atoms with Crippen LogP contribution in [0.4, 0.5) is 4.79 Å². The minimum absolute atomic E-state index is 0.115. The number of nitrogens with two attached hydrogens (primary N) is 2. The lowest BCUT2D eigenvalue weighted by Crippen LogP contribution is -2.39. The highest BCUT2D eigenvalue weighted by Crippen LogP contribution is 1.78. The molecule has 0 radical (unpaired) electrons.